The molecule has 0 saturated heterocycles. The van der Waals surface area contributed by atoms with Gasteiger partial charge in [-0.2, -0.15) is 0 Å². The summed E-state index contributed by atoms with van der Waals surface area (Å²) in [7, 11) is 0. The molecule has 18 heavy (non-hydrogen) atoms. The Labute approximate surface area is 106 Å². The predicted octanol–water partition coefficient (Wildman–Crippen LogP) is 0.405. The van der Waals surface area contributed by atoms with E-state index >= 15 is 0 Å². The molecule has 98 valence electrons. The first-order valence-corrected chi connectivity index (χ1v) is 5.84. The van der Waals surface area contributed by atoms with E-state index in [1.165, 1.54) is 0 Å². The summed E-state index contributed by atoms with van der Waals surface area (Å²) in [5.74, 6) is -0.352. The van der Waals surface area contributed by atoms with Gasteiger partial charge in [-0.3, -0.25) is 15.1 Å². The summed E-state index contributed by atoms with van der Waals surface area (Å²) in [4.78, 5) is 26.7. The summed E-state index contributed by atoms with van der Waals surface area (Å²) in [6.45, 7) is 4.52. The third kappa shape index (κ3) is 4.92. The monoisotopic (exact) mass is 250 g/mol. The Morgan fingerprint density at radius 2 is 2.00 bits per heavy atom. The molecule has 3 N–H and O–H groups in total. The van der Waals surface area contributed by atoms with E-state index in [1.807, 2.05) is 12.1 Å². The lowest BCUT2D eigenvalue weighted by Crippen LogP contribution is -2.47. The highest BCUT2D eigenvalue weighted by Crippen LogP contribution is 1.96. The van der Waals surface area contributed by atoms with Crippen molar-refractivity contribution in [3.63, 3.8) is 0 Å². The van der Waals surface area contributed by atoms with Gasteiger partial charge in [0, 0.05) is 25.5 Å². The van der Waals surface area contributed by atoms with Gasteiger partial charge in [-0.1, -0.05) is 0 Å². The van der Waals surface area contributed by atoms with E-state index in [1.54, 1.807) is 26.2 Å². The number of carbonyl (C=O) groups is 2. The van der Waals surface area contributed by atoms with E-state index in [4.69, 9.17) is 0 Å². The van der Waals surface area contributed by atoms with E-state index in [9.17, 15) is 9.59 Å². The van der Waals surface area contributed by atoms with Crippen molar-refractivity contribution in [1.29, 1.82) is 0 Å². The summed E-state index contributed by atoms with van der Waals surface area (Å²) in [6.07, 6.45) is 3.38. The normalized spacial score (nSPS) is 11.7. The topological polar surface area (TPSA) is 83.1 Å². The molecule has 0 radical (unpaired) electrons. The zero-order valence-corrected chi connectivity index (χ0v) is 10.6. The first-order valence-electron chi connectivity index (χ1n) is 5.84. The molecule has 1 heterocycles. The van der Waals surface area contributed by atoms with Crippen LogP contribution in [0.1, 0.15) is 19.4 Å². The maximum absolute atomic E-state index is 11.6. The zero-order chi connectivity index (χ0) is 13.4. The zero-order valence-electron chi connectivity index (χ0n) is 10.6. The minimum absolute atomic E-state index is 0.352. The fraction of sp³-hybridized carbons (Fsp3) is 0.417. The van der Waals surface area contributed by atoms with Gasteiger partial charge in [0.2, 0.25) is 5.91 Å². The molecule has 0 bridgehead atoms. The Bertz CT molecular complexity index is 394. The lowest BCUT2D eigenvalue weighted by atomic mass is 10.2. The SMILES string of the molecule is CCNC(=O)NC(=O)C(C)NCc1ccncc1. The second-order valence-electron chi connectivity index (χ2n) is 3.81. The third-order valence-corrected chi connectivity index (χ3v) is 2.33. The van der Waals surface area contributed by atoms with Crippen LogP contribution in [0, 0.1) is 0 Å². The number of imide groups is 1. The van der Waals surface area contributed by atoms with Crippen LogP contribution < -0.4 is 16.0 Å². The Balaban J connectivity index is 2.34. The van der Waals surface area contributed by atoms with Crippen LogP contribution in [0.15, 0.2) is 24.5 Å². The Hall–Kier alpha value is -1.95. The van der Waals surface area contributed by atoms with Gasteiger partial charge < -0.3 is 10.6 Å². The van der Waals surface area contributed by atoms with Gasteiger partial charge in [-0.05, 0) is 31.5 Å². The average Bonchev–Trinajstić information content (AvgIpc) is 2.37. The number of pyridine rings is 1. The van der Waals surface area contributed by atoms with Crippen LogP contribution >= 0.6 is 0 Å². The highest BCUT2D eigenvalue weighted by molar-refractivity contribution is 5.96. The van der Waals surface area contributed by atoms with Gasteiger partial charge in [-0.15, -0.1) is 0 Å². The van der Waals surface area contributed by atoms with Crippen molar-refractivity contribution in [1.82, 2.24) is 20.9 Å². The molecule has 1 aromatic rings. The molecule has 1 unspecified atom stereocenters. The maximum Gasteiger partial charge on any atom is 0.321 e. The molecule has 6 nitrogen and oxygen atoms in total. The van der Waals surface area contributed by atoms with Gasteiger partial charge in [0.1, 0.15) is 0 Å². The molecular formula is C12H18N4O2. The number of carbonyl (C=O) groups excluding carboxylic acids is 2. The second-order valence-corrected chi connectivity index (χ2v) is 3.81. The molecule has 0 aromatic carbocycles. The molecule has 0 saturated carbocycles. The van der Waals surface area contributed by atoms with Crippen molar-refractivity contribution in [3.05, 3.63) is 30.1 Å². The van der Waals surface area contributed by atoms with Crippen molar-refractivity contribution in [2.75, 3.05) is 6.54 Å². The minimum Gasteiger partial charge on any atom is -0.338 e. The van der Waals surface area contributed by atoms with Crippen LogP contribution in [0.25, 0.3) is 0 Å². The van der Waals surface area contributed by atoms with Gasteiger partial charge >= 0.3 is 6.03 Å². The number of nitrogens with zero attached hydrogens (tertiary/aromatic N) is 1. The van der Waals surface area contributed by atoms with E-state index in [0.29, 0.717) is 13.1 Å². The molecule has 6 heteroatoms. The van der Waals surface area contributed by atoms with E-state index in [-0.39, 0.29) is 5.91 Å². The van der Waals surface area contributed by atoms with Crippen molar-refractivity contribution in [2.24, 2.45) is 0 Å². The Morgan fingerprint density at radius 1 is 1.33 bits per heavy atom. The van der Waals surface area contributed by atoms with Crippen molar-refractivity contribution >= 4 is 11.9 Å². The molecule has 0 aliphatic carbocycles. The van der Waals surface area contributed by atoms with Crippen LogP contribution in [0.4, 0.5) is 4.79 Å². The molecule has 0 aliphatic heterocycles. The fourth-order valence-corrected chi connectivity index (χ4v) is 1.29. The van der Waals surface area contributed by atoms with Crippen LogP contribution in [0.2, 0.25) is 0 Å². The number of aromatic nitrogens is 1. The quantitative estimate of drug-likeness (QED) is 0.706. The van der Waals surface area contributed by atoms with Crippen molar-refractivity contribution < 1.29 is 9.59 Å². The number of nitrogens with one attached hydrogen (secondary N) is 3. The molecular weight excluding hydrogens is 232 g/mol. The van der Waals surface area contributed by atoms with Gasteiger partial charge in [0.25, 0.3) is 0 Å². The summed E-state index contributed by atoms with van der Waals surface area (Å²) >= 11 is 0. The van der Waals surface area contributed by atoms with Crippen LogP contribution in [-0.4, -0.2) is 29.5 Å². The highest BCUT2D eigenvalue weighted by atomic mass is 16.2. The van der Waals surface area contributed by atoms with Gasteiger partial charge in [0.05, 0.1) is 6.04 Å². The van der Waals surface area contributed by atoms with Crippen LogP contribution in [-0.2, 0) is 11.3 Å². The summed E-state index contributed by atoms with van der Waals surface area (Å²) in [5.41, 5.74) is 1.03. The molecule has 0 spiro atoms. The van der Waals surface area contributed by atoms with Crippen LogP contribution in [0.3, 0.4) is 0 Å². The first kappa shape index (κ1) is 14.1. The highest BCUT2D eigenvalue weighted by Gasteiger charge is 2.14. The number of urea groups is 1. The van der Waals surface area contributed by atoms with E-state index < -0.39 is 12.1 Å². The average molecular weight is 250 g/mol. The van der Waals surface area contributed by atoms with E-state index in [0.717, 1.165) is 5.56 Å². The predicted molar refractivity (Wildman–Crippen MR) is 67.8 cm³/mol. The third-order valence-electron chi connectivity index (χ3n) is 2.33. The standard InChI is InChI=1S/C12H18N4O2/c1-3-14-12(18)16-11(17)9(2)15-8-10-4-6-13-7-5-10/h4-7,9,15H,3,8H2,1-2H3,(H2,14,16,17,18). The molecule has 0 fully saturated rings. The number of hydrogen-bond donors (Lipinski definition) is 3. The summed E-state index contributed by atoms with van der Waals surface area (Å²) in [5, 5.41) is 7.78. The van der Waals surface area contributed by atoms with Crippen LogP contribution in [0.5, 0.6) is 0 Å². The van der Waals surface area contributed by atoms with Gasteiger partial charge in [-0.25, -0.2) is 4.79 Å². The molecule has 1 atom stereocenters. The number of rotatable bonds is 5. The van der Waals surface area contributed by atoms with Crippen molar-refractivity contribution in [2.45, 2.75) is 26.4 Å². The Morgan fingerprint density at radius 3 is 2.61 bits per heavy atom. The molecule has 0 aliphatic rings. The molecule has 3 amide bonds. The number of amides is 3. The van der Waals surface area contributed by atoms with Gasteiger partial charge in [0.15, 0.2) is 0 Å². The van der Waals surface area contributed by atoms with E-state index in [2.05, 4.69) is 20.9 Å². The molecule has 1 aromatic heterocycles. The molecule has 1 rings (SSSR count). The second kappa shape index (κ2) is 7.39. The fourth-order valence-electron chi connectivity index (χ4n) is 1.29. The Kier molecular flexibility index (Phi) is 5.79. The first-order chi connectivity index (χ1) is 8.63. The smallest absolute Gasteiger partial charge is 0.321 e. The summed E-state index contributed by atoms with van der Waals surface area (Å²) < 4.78 is 0. The summed E-state index contributed by atoms with van der Waals surface area (Å²) in [6, 6.07) is 2.81. The minimum atomic E-state index is -0.472. The number of hydrogen-bond acceptors (Lipinski definition) is 4. The maximum atomic E-state index is 11.6. The largest absolute Gasteiger partial charge is 0.338 e. The lowest BCUT2D eigenvalue weighted by Gasteiger charge is -2.13. The lowest BCUT2D eigenvalue weighted by molar-refractivity contribution is -0.121. The van der Waals surface area contributed by atoms with Crippen molar-refractivity contribution in [3.8, 4) is 0 Å².